The number of ether oxygens (including phenoxy) is 1. The van der Waals surface area contributed by atoms with Crippen molar-refractivity contribution < 1.29 is 9.53 Å². The van der Waals surface area contributed by atoms with E-state index in [0.29, 0.717) is 29.9 Å². The summed E-state index contributed by atoms with van der Waals surface area (Å²) in [6.45, 7) is 7.62. The summed E-state index contributed by atoms with van der Waals surface area (Å²) in [5.74, 6) is 2.30. The van der Waals surface area contributed by atoms with Gasteiger partial charge in [-0.1, -0.05) is 37.6 Å². The first-order chi connectivity index (χ1) is 18.9. The van der Waals surface area contributed by atoms with E-state index in [1.165, 1.54) is 12.8 Å². The minimum absolute atomic E-state index is 0.212. The molecule has 4 atom stereocenters. The highest BCUT2D eigenvalue weighted by atomic mass is 16.5. The van der Waals surface area contributed by atoms with E-state index in [-0.39, 0.29) is 11.9 Å². The number of aromatic nitrogens is 2. The average Bonchev–Trinajstić information content (AvgIpc) is 3.32. The molecule has 2 heterocycles. The molecule has 1 saturated heterocycles. The van der Waals surface area contributed by atoms with Crippen LogP contribution in [0.1, 0.15) is 59.3 Å². The first-order valence-corrected chi connectivity index (χ1v) is 14.6. The predicted octanol–water partition coefficient (Wildman–Crippen LogP) is 6.00. The molecular weight excluding hydrogens is 486 g/mol. The molecule has 0 radical (unpaired) electrons. The summed E-state index contributed by atoms with van der Waals surface area (Å²) in [4.78, 5) is 27.6. The molecule has 1 amide bonds. The lowest BCUT2D eigenvalue weighted by molar-refractivity contribution is -0.132. The summed E-state index contributed by atoms with van der Waals surface area (Å²) in [5, 5.41) is 4.43. The maximum absolute atomic E-state index is 13.8. The van der Waals surface area contributed by atoms with Gasteiger partial charge < -0.3 is 19.9 Å². The van der Waals surface area contributed by atoms with Crippen molar-refractivity contribution in [1.29, 1.82) is 0 Å². The van der Waals surface area contributed by atoms with Gasteiger partial charge in [-0.05, 0) is 82.7 Å². The second kappa shape index (κ2) is 11.9. The Morgan fingerprint density at radius 1 is 1.13 bits per heavy atom. The van der Waals surface area contributed by atoms with Gasteiger partial charge in [-0.2, -0.15) is 0 Å². The van der Waals surface area contributed by atoms with Crippen LogP contribution in [0.25, 0.3) is 22.0 Å². The molecule has 1 N–H and O–H groups in total. The zero-order chi connectivity index (χ0) is 27.5. The normalized spacial score (nSPS) is 23.7. The average molecular weight is 530 g/mol. The number of para-hydroxylation sites is 1. The number of benzene rings is 2. The number of likely N-dealkylation sites (tertiary alicyclic amines) is 1. The number of amides is 1. The highest BCUT2D eigenvalue weighted by Crippen LogP contribution is 2.37. The van der Waals surface area contributed by atoms with E-state index >= 15 is 0 Å². The molecule has 2 fully saturated rings. The fourth-order valence-corrected chi connectivity index (χ4v) is 6.66. The third-order valence-electron chi connectivity index (χ3n) is 8.97. The maximum atomic E-state index is 13.8. The van der Waals surface area contributed by atoms with Crippen LogP contribution in [0.3, 0.4) is 0 Å². The minimum Gasteiger partial charge on any atom is -0.496 e. The summed E-state index contributed by atoms with van der Waals surface area (Å²) in [5.41, 5.74) is 2.90. The Balaban J connectivity index is 1.35. The van der Waals surface area contributed by atoms with Gasteiger partial charge in [0.2, 0.25) is 5.91 Å². The van der Waals surface area contributed by atoms with Gasteiger partial charge in [-0.15, -0.1) is 0 Å². The monoisotopic (exact) mass is 529 g/mol. The van der Waals surface area contributed by atoms with Gasteiger partial charge in [0.1, 0.15) is 23.9 Å². The number of fused-ring (bicyclic) bond motifs is 1. The van der Waals surface area contributed by atoms with Crippen molar-refractivity contribution in [3.8, 4) is 16.9 Å². The van der Waals surface area contributed by atoms with Gasteiger partial charge in [0, 0.05) is 35.6 Å². The topological polar surface area (TPSA) is 70.6 Å². The molecule has 3 aromatic rings. The lowest BCUT2D eigenvalue weighted by atomic mass is 9.77. The van der Waals surface area contributed by atoms with Crippen LogP contribution >= 0.6 is 0 Å². The molecule has 1 aromatic heterocycles. The van der Waals surface area contributed by atoms with Gasteiger partial charge in [-0.3, -0.25) is 4.79 Å². The highest BCUT2D eigenvalue weighted by molar-refractivity contribution is 5.95. The molecule has 208 valence electrons. The third-order valence-corrected chi connectivity index (χ3v) is 8.97. The first kappa shape index (κ1) is 27.4. The van der Waals surface area contributed by atoms with Crippen LogP contribution in [0.15, 0.2) is 48.8 Å². The van der Waals surface area contributed by atoms with Crippen LogP contribution in [0.4, 0.5) is 5.82 Å². The Hall–Kier alpha value is -3.19. The quantitative estimate of drug-likeness (QED) is 0.367. The Morgan fingerprint density at radius 2 is 1.95 bits per heavy atom. The van der Waals surface area contributed by atoms with Crippen molar-refractivity contribution in [3.63, 3.8) is 0 Å². The Labute approximate surface area is 233 Å². The fourth-order valence-electron chi connectivity index (χ4n) is 6.66. The van der Waals surface area contributed by atoms with E-state index < -0.39 is 0 Å². The molecule has 2 aromatic carbocycles. The van der Waals surface area contributed by atoms with E-state index in [1.54, 1.807) is 13.4 Å². The second-order valence-corrected chi connectivity index (χ2v) is 11.5. The van der Waals surface area contributed by atoms with E-state index in [2.05, 4.69) is 71.1 Å². The summed E-state index contributed by atoms with van der Waals surface area (Å²) in [6, 6.07) is 15.4. The molecule has 0 unspecified atom stereocenters. The molecule has 0 spiro atoms. The van der Waals surface area contributed by atoms with Crippen LogP contribution in [-0.4, -0.2) is 70.5 Å². The molecule has 1 aliphatic carbocycles. The molecule has 2 aliphatic rings. The standard InChI is InChI=1S/C32H43N5O2/c1-6-9-23-18-24(36(4)21(2)3)13-15-29(23)37-17-16-28(32(37)38)35-31-26-19-22(12-14-27(26)33-20-34-31)25-10-7-8-11-30(25)39-5/h7-8,10-12,14,19-21,23-24,28-29H,6,9,13,15-18H2,1-5H3,(H,33,34,35)/t23-,24+,28-,29-/m0/s1. The van der Waals surface area contributed by atoms with Crippen LogP contribution < -0.4 is 10.1 Å². The molecule has 1 saturated carbocycles. The summed E-state index contributed by atoms with van der Waals surface area (Å²) < 4.78 is 5.59. The third kappa shape index (κ3) is 5.60. The van der Waals surface area contributed by atoms with Gasteiger partial charge in [0.15, 0.2) is 0 Å². The molecule has 7 heteroatoms. The Morgan fingerprint density at radius 3 is 2.72 bits per heavy atom. The number of carbonyl (C=O) groups is 1. The number of hydrogen-bond donors (Lipinski definition) is 1. The second-order valence-electron chi connectivity index (χ2n) is 11.5. The number of anilines is 1. The van der Waals surface area contributed by atoms with Gasteiger partial charge in [0.25, 0.3) is 0 Å². The number of carbonyl (C=O) groups excluding carboxylic acids is 1. The van der Waals surface area contributed by atoms with E-state index in [4.69, 9.17) is 4.74 Å². The van der Waals surface area contributed by atoms with Crippen molar-refractivity contribution in [3.05, 3.63) is 48.8 Å². The van der Waals surface area contributed by atoms with Crippen LogP contribution in [0.2, 0.25) is 0 Å². The van der Waals surface area contributed by atoms with Gasteiger partial charge in [0.05, 0.1) is 12.6 Å². The van der Waals surface area contributed by atoms with Crippen molar-refractivity contribution in [2.45, 2.75) is 83.5 Å². The van der Waals surface area contributed by atoms with E-state index in [9.17, 15) is 4.79 Å². The van der Waals surface area contributed by atoms with Crippen molar-refractivity contribution in [1.82, 2.24) is 19.8 Å². The molecule has 5 rings (SSSR count). The van der Waals surface area contributed by atoms with Gasteiger partial charge >= 0.3 is 0 Å². The number of methoxy groups -OCH3 is 1. The minimum atomic E-state index is -0.267. The smallest absolute Gasteiger partial charge is 0.245 e. The fraction of sp³-hybridized carbons (Fsp3) is 0.531. The van der Waals surface area contributed by atoms with Crippen molar-refractivity contribution in [2.75, 3.05) is 26.0 Å². The van der Waals surface area contributed by atoms with Crippen LogP contribution in [0.5, 0.6) is 5.75 Å². The van der Waals surface area contributed by atoms with Crippen LogP contribution in [0, 0.1) is 5.92 Å². The molecule has 0 bridgehead atoms. The Bertz CT molecular complexity index is 1290. The lowest BCUT2D eigenvalue weighted by Gasteiger charge is -2.44. The predicted molar refractivity (Wildman–Crippen MR) is 158 cm³/mol. The summed E-state index contributed by atoms with van der Waals surface area (Å²) in [7, 11) is 3.94. The largest absolute Gasteiger partial charge is 0.496 e. The van der Waals surface area contributed by atoms with Crippen molar-refractivity contribution in [2.24, 2.45) is 5.92 Å². The first-order valence-electron chi connectivity index (χ1n) is 14.6. The van der Waals surface area contributed by atoms with Crippen LogP contribution in [-0.2, 0) is 4.79 Å². The lowest BCUT2D eigenvalue weighted by Crippen LogP contribution is -2.51. The maximum Gasteiger partial charge on any atom is 0.245 e. The molecule has 7 nitrogen and oxygen atoms in total. The van der Waals surface area contributed by atoms with Crippen molar-refractivity contribution >= 4 is 22.6 Å². The zero-order valence-electron chi connectivity index (χ0n) is 24.1. The highest BCUT2D eigenvalue weighted by Gasteiger charge is 2.42. The zero-order valence-corrected chi connectivity index (χ0v) is 24.1. The number of rotatable bonds is 9. The van der Waals surface area contributed by atoms with Gasteiger partial charge in [-0.25, -0.2) is 9.97 Å². The SMILES string of the molecule is CCC[C@H]1C[C@H](N(C)C(C)C)CC[C@@H]1N1CC[C@H](Nc2ncnc3ccc(-c4ccccc4OC)cc23)C1=O. The number of hydrogen-bond acceptors (Lipinski definition) is 6. The number of nitrogens with one attached hydrogen (secondary N) is 1. The van der Waals surface area contributed by atoms with E-state index in [1.807, 2.05) is 24.3 Å². The Kier molecular flexibility index (Phi) is 8.36. The summed E-state index contributed by atoms with van der Waals surface area (Å²) in [6.07, 6.45) is 8.13. The molecule has 39 heavy (non-hydrogen) atoms. The number of nitrogens with zero attached hydrogens (tertiary/aromatic N) is 4. The summed E-state index contributed by atoms with van der Waals surface area (Å²) >= 11 is 0. The molecule has 1 aliphatic heterocycles. The molecular formula is C32H43N5O2. The van der Waals surface area contributed by atoms with E-state index in [0.717, 1.165) is 60.0 Å².